The van der Waals surface area contributed by atoms with Crippen LogP contribution in [0.4, 0.5) is 0 Å². The first-order valence-electron chi connectivity index (χ1n) is 9.08. The third-order valence-corrected chi connectivity index (χ3v) is 6.18. The van der Waals surface area contributed by atoms with Crippen LogP contribution in [0.2, 0.25) is 0 Å². The number of carbonyl (C=O) groups excluding carboxylic acids is 1. The molecule has 132 valence electrons. The van der Waals surface area contributed by atoms with Gasteiger partial charge in [-0.1, -0.05) is 6.07 Å². The second-order valence-electron chi connectivity index (χ2n) is 8.06. The van der Waals surface area contributed by atoms with Gasteiger partial charge in [-0.2, -0.15) is 0 Å². The topological polar surface area (TPSA) is 43.8 Å². The molecule has 0 aromatic heterocycles. The highest BCUT2D eigenvalue weighted by molar-refractivity contribution is 5.94. The summed E-state index contributed by atoms with van der Waals surface area (Å²) >= 11 is 0. The lowest BCUT2D eigenvalue weighted by Crippen LogP contribution is -2.52. The summed E-state index contributed by atoms with van der Waals surface area (Å²) in [5, 5.41) is 10.1. The van der Waals surface area contributed by atoms with Gasteiger partial charge in [0.1, 0.15) is 0 Å². The molecular weight excluding hydrogens is 300 g/mol. The van der Waals surface area contributed by atoms with Crippen molar-refractivity contribution in [1.29, 1.82) is 0 Å². The average molecular weight is 330 g/mol. The Morgan fingerprint density at radius 2 is 2.04 bits per heavy atom. The Morgan fingerprint density at radius 3 is 2.67 bits per heavy atom. The summed E-state index contributed by atoms with van der Waals surface area (Å²) in [6.07, 6.45) is 0.986. The Hall–Kier alpha value is -1.39. The number of piperidine rings is 1. The van der Waals surface area contributed by atoms with Crippen LogP contribution < -0.4 is 0 Å². The highest BCUT2D eigenvalue weighted by atomic mass is 16.3. The summed E-state index contributed by atoms with van der Waals surface area (Å²) in [6, 6.07) is 6.43. The minimum atomic E-state index is -0.155. The third-order valence-electron chi connectivity index (χ3n) is 6.18. The van der Waals surface area contributed by atoms with Gasteiger partial charge in [-0.15, -0.1) is 0 Å². The fraction of sp³-hybridized carbons (Fsp3) is 0.650. The molecule has 0 spiro atoms. The van der Waals surface area contributed by atoms with E-state index in [9.17, 15) is 9.90 Å². The summed E-state index contributed by atoms with van der Waals surface area (Å²) in [4.78, 5) is 17.4. The number of likely N-dealkylation sites (tertiary alicyclic amines) is 2. The molecule has 1 aromatic rings. The van der Waals surface area contributed by atoms with Crippen molar-refractivity contribution in [3.05, 3.63) is 34.9 Å². The molecule has 2 aliphatic rings. The zero-order chi connectivity index (χ0) is 17.5. The first-order chi connectivity index (χ1) is 11.4. The highest BCUT2D eigenvalue weighted by Crippen LogP contribution is 2.42. The molecule has 2 aliphatic heterocycles. The molecule has 0 radical (unpaired) electrons. The molecule has 24 heavy (non-hydrogen) atoms. The van der Waals surface area contributed by atoms with E-state index in [1.165, 1.54) is 5.56 Å². The van der Waals surface area contributed by atoms with Crippen LogP contribution in [-0.2, 0) is 0 Å². The molecule has 0 unspecified atom stereocenters. The summed E-state index contributed by atoms with van der Waals surface area (Å²) in [7, 11) is 0. The monoisotopic (exact) mass is 330 g/mol. The van der Waals surface area contributed by atoms with Gasteiger partial charge < -0.3 is 10.0 Å². The van der Waals surface area contributed by atoms with Crippen molar-refractivity contribution in [2.45, 2.75) is 40.2 Å². The van der Waals surface area contributed by atoms with Crippen LogP contribution >= 0.6 is 0 Å². The van der Waals surface area contributed by atoms with E-state index in [0.717, 1.165) is 37.2 Å². The van der Waals surface area contributed by atoms with Crippen LogP contribution in [0.3, 0.4) is 0 Å². The van der Waals surface area contributed by atoms with E-state index in [-0.39, 0.29) is 17.9 Å². The lowest BCUT2D eigenvalue weighted by molar-refractivity contribution is 0.0114. The number of carbonyl (C=O) groups is 1. The predicted molar refractivity (Wildman–Crippen MR) is 96.2 cm³/mol. The van der Waals surface area contributed by atoms with Crippen LogP contribution in [0.5, 0.6) is 0 Å². The van der Waals surface area contributed by atoms with Crippen molar-refractivity contribution < 1.29 is 9.90 Å². The maximum Gasteiger partial charge on any atom is 0.253 e. The molecule has 4 nitrogen and oxygen atoms in total. The number of aryl methyl sites for hydroxylation is 2. The Labute approximate surface area is 145 Å². The van der Waals surface area contributed by atoms with Gasteiger partial charge in [-0.3, -0.25) is 9.69 Å². The van der Waals surface area contributed by atoms with Gasteiger partial charge in [0.2, 0.25) is 0 Å². The Morgan fingerprint density at radius 1 is 1.29 bits per heavy atom. The number of rotatable bonds is 3. The standard InChI is InChI=1S/C20H30N2O2/c1-14(2)22-10-18-7-8-21(11-20(18,12-22)13-23)19(24)17-6-5-15(3)16(4)9-17/h5-6,9,14,18,23H,7-8,10-13H2,1-4H3/t18-,20+/m0/s1. The summed E-state index contributed by atoms with van der Waals surface area (Å²) in [5.41, 5.74) is 2.97. The molecule has 2 fully saturated rings. The normalized spacial score (nSPS) is 27.6. The minimum absolute atomic E-state index is 0.104. The zero-order valence-electron chi connectivity index (χ0n) is 15.4. The molecule has 2 atom stereocenters. The van der Waals surface area contributed by atoms with E-state index in [1.807, 2.05) is 30.0 Å². The Balaban J connectivity index is 1.79. The second-order valence-corrected chi connectivity index (χ2v) is 8.06. The van der Waals surface area contributed by atoms with Crippen LogP contribution in [0, 0.1) is 25.2 Å². The fourth-order valence-corrected chi connectivity index (χ4v) is 4.28. The summed E-state index contributed by atoms with van der Waals surface area (Å²) < 4.78 is 0. The lowest BCUT2D eigenvalue weighted by atomic mass is 9.74. The Bertz CT molecular complexity index is 628. The number of fused-ring (bicyclic) bond motifs is 1. The van der Waals surface area contributed by atoms with Gasteiger partial charge in [0.15, 0.2) is 0 Å². The van der Waals surface area contributed by atoms with E-state index in [1.54, 1.807) is 0 Å². The minimum Gasteiger partial charge on any atom is -0.396 e. The number of nitrogens with zero attached hydrogens (tertiary/aromatic N) is 2. The molecule has 1 N–H and O–H groups in total. The van der Waals surface area contributed by atoms with Crippen molar-refractivity contribution in [3.8, 4) is 0 Å². The molecule has 4 heteroatoms. The average Bonchev–Trinajstić information content (AvgIpc) is 2.96. The van der Waals surface area contributed by atoms with Crippen LogP contribution in [0.25, 0.3) is 0 Å². The third kappa shape index (κ3) is 2.98. The van der Waals surface area contributed by atoms with Crippen LogP contribution in [0.15, 0.2) is 18.2 Å². The van der Waals surface area contributed by atoms with Crippen molar-refractivity contribution in [2.75, 3.05) is 32.8 Å². The molecule has 1 aromatic carbocycles. The molecule has 0 aliphatic carbocycles. The molecule has 2 heterocycles. The van der Waals surface area contributed by atoms with E-state index in [0.29, 0.717) is 18.5 Å². The van der Waals surface area contributed by atoms with Gasteiger partial charge >= 0.3 is 0 Å². The maximum atomic E-state index is 13.0. The van der Waals surface area contributed by atoms with Crippen LogP contribution in [0.1, 0.15) is 41.8 Å². The van der Waals surface area contributed by atoms with Crippen molar-refractivity contribution in [1.82, 2.24) is 9.80 Å². The van der Waals surface area contributed by atoms with Crippen molar-refractivity contribution in [3.63, 3.8) is 0 Å². The molecule has 3 rings (SSSR count). The van der Waals surface area contributed by atoms with Gasteiger partial charge in [0, 0.05) is 43.2 Å². The molecule has 0 saturated carbocycles. The van der Waals surface area contributed by atoms with E-state index in [4.69, 9.17) is 0 Å². The summed E-state index contributed by atoms with van der Waals surface area (Å²) in [6.45, 7) is 12.1. The molecule has 1 amide bonds. The smallest absolute Gasteiger partial charge is 0.253 e. The van der Waals surface area contributed by atoms with Crippen LogP contribution in [-0.4, -0.2) is 59.6 Å². The lowest BCUT2D eigenvalue weighted by Gasteiger charge is -2.43. The number of benzene rings is 1. The zero-order valence-corrected chi connectivity index (χ0v) is 15.4. The fourth-order valence-electron chi connectivity index (χ4n) is 4.28. The van der Waals surface area contributed by atoms with Gasteiger partial charge in [0.05, 0.1) is 6.61 Å². The Kier molecular flexibility index (Phi) is 4.71. The quantitative estimate of drug-likeness (QED) is 0.926. The number of aliphatic hydroxyl groups is 1. The van der Waals surface area contributed by atoms with Crippen molar-refractivity contribution in [2.24, 2.45) is 11.3 Å². The molecular formula is C20H30N2O2. The van der Waals surface area contributed by atoms with E-state index in [2.05, 4.69) is 25.7 Å². The number of aliphatic hydroxyl groups excluding tert-OH is 1. The van der Waals surface area contributed by atoms with Gasteiger partial charge in [-0.25, -0.2) is 0 Å². The van der Waals surface area contributed by atoms with E-state index >= 15 is 0 Å². The second kappa shape index (κ2) is 6.49. The molecule has 0 bridgehead atoms. The first-order valence-corrected chi connectivity index (χ1v) is 9.08. The van der Waals surface area contributed by atoms with E-state index < -0.39 is 0 Å². The first kappa shape index (κ1) is 17.4. The summed E-state index contributed by atoms with van der Waals surface area (Å²) in [5.74, 6) is 0.598. The maximum absolute atomic E-state index is 13.0. The number of hydrogen-bond acceptors (Lipinski definition) is 3. The highest BCUT2D eigenvalue weighted by Gasteiger charge is 2.50. The largest absolute Gasteiger partial charge is 0.396 e. The SMILES string of the molecule is Cc1ccc(C(=O)N2CC[C@H]3CN(C(C)C)C[C@@]3(CO)C2)cc1C. The van der Waals surface area contributed by atoms with Crippen molar-refractivity contribution >= 4 is 5.91 Å². The van der Waals surface area contributed by atoms with Gasteiger partial charge in [-0.05, 0) is 63.3 Å². The predicted octanol–water partition coefficient (Wildman–Crippen LogP) is 2.47. The van der Waals surface area contributed by atoms with Gasteiger partial charge in [0.25, 0.3) is 5.91 Å². The number of amides is 1. The molecule has 2 saturated heterocycles. The number of hydrogen-bond donors (Lipinski definition) is 1.